The lowest BCUT2D eigenvalue weighted by Gasteiger charge is -2.15. The lowest BCUT2D eigenvalue weighted by atomic mass is 10.1. The monoisotopic (exact) mass is 289 g/mol. The Balaban J connectivity index is 1.96. The highest BCUT2D eigenvalue weighted by Gasteiger charge is 2.31. The van der Waals surface area contributed by atoms with E-state index in [-0.39, 0.29) is 5.91 Å². The highest BCUT2D eigenvalue weighted by molar-refractivity contribution is 6.31. The minimum absolute atomic E-state index is 0.131. The summed E-state index contributed by atoms with van der Waals surface area (Å²) in [6.45, 7) is 0. The van der Waals surface area contributed by atoms with Crippen LogP contribution in [0.5, 0.6) is 5.88 Å². The number of methoxy groups -OCH3 is 1. The second-order valence-electron chi connectivity index (χ2n) is 4.36. The van der Waals surface area contributed by atoms with Gasteiger partial charge in [-0.2, -0.15) is 0 Å². The normalized spacial score (nSPS) is 16.5. The average Bonchev–Trinajstić information content (AvgIpc) is 2.76. The van der Waals surface area contributed by atoms with Gasteiger partial charge in [-0.15, -0.1) is 0 Å². The summed E-state index contributed by atoms with van der Waals surface area (Å²) in [5.41, 5.74) is 2.23. The van der Waals surface area contributed by atoms with Gasteiger partial charge in [0, 0.05) is 22.5 Å². The Morgan fingerprint density at radius 2 is 2.25 bits per heavy atom. The Bertz CT molecular complexity index is 675. The third-order valence-corrected chi connectivity index (χ3v) is 3.34. The Hall–Kier alpha value is -2.27. The molecule has 1 aliphatic rings. The molecule has 0 aliphatic carbocycles. The van der Waals surface area contributed by atoms with Crippen LogP contribution in [-0.4, -0.2) is 18.0 Å². The van der Waals surface area contributed by atoms with Crippen LogP contribution in [0.25, 0.3) is 0 Å². The van der Waals surface area contributed by atoms with Gasteiger partial charge in [-0.3, -0.25) is 4.79 Å². The van der Waals surface area contributed by atoms with Crippen LogP contribution >= 0.6 is 11.6 Å². The van der Waals surface area contributed by atoms with E-state index in [1.807, 2.05) is 6.07 Å². The minimum atomic E-state index is -0.512. The molecule has 5 nitrogen and oxygen atoms in total. The summed E-state index contributed by atoms with van der Waals surface area (Å²) in [7, 11) is 1.53. The number of rotatable bonds is 3. The molecule has 6 heteroatoms. The number of nitrogens with one attached hydrogen (secondary N) is 2. The highest BCUT2D eigenvalue weighted by atomic mass is 35.5. The number of nitrogens with zero attached hydrogens (tertiary/aromatic N) is 1. The first-order valence-corrected chi connectivity index (χ1v) is 6.42. The topological polar surface area (TPSA) is 63.2 Å². The number of amides is 1. The standard InChI is InChI=1S/C14H12ClN3O2/c1-20-14-11(3-2-6-16-14)17-12-9-7-8(15)4-5-10(9)18-13(12)19/h2-7,12,17H,1H3,(H,18,19). The first-order chi connectivity index (χ1) is 9.69. The van der Waals surface area contributed by atoms with Gasteiger partial charge < -0.3 is 15.4 Å². The van der Waals surface area contributed by atoms with Crippen molar-refractivity contribution in [3.05, 3.63) is 47.1 Å². The van der Waals surface area contributed by atoms with Crippen molar-refractivity contribution in [2.24, 2.45) is 0 Å². The molecule has 1 aromatic heterocycles. The molecule has 0 radical (unpaired) electrons. The number of aromatic nitrogens is 1. The molecule has 1 unspecified atom stereocenters. The number of hydrogen-bond donors (Lipinski definition) is 2. The highest BCUT2D eigenvalue weighted by Crippen LogP contribution is 2.36. The van der Waals surface area contributed by atoms with Crippen molar-refractivity contribution < 1.29 is 9.53 Å². The number of carbonyl (C=O) groups excluding carboxylic acids is 1. The third kappa shape index (κ3) is 2.16. The molecule has 0 saturated heterocycles. The van der Waals surface area contributed by atoms with Crippen LogP contribution < -0.4 is 15.4 Å². The maximum absolute atomic E-state index is 12.1. The van der Waals surface area contributed by atoms with Gasteiger partial charge in [-0.25, -0.2) is 4.98 Å². The molecule has 1 aliphatic heterocycles. The van der Waals surface area contributed by atoms with Crippen molar-refractivity contribution in [2.45, 2.75) is 6.04 Å². The predicted octanol–water partition coefficient (Wildman–Crippen LogP) is 2.85. The number of benzene rings is 1. The van der Waals surface area contributed by atoms with Gasteiger partial charge >= 0.3 is 0 Å². The maximum Gasteiger partial charge on any atom is 0.251 e. The molecule has 1 aromatic carbocycles. The molecule has 2 N–H and O–H groups in total. The fourth-order valence-corrected chi connectivity index (χ4v) is 2.38. The minimum Gasteiger partial charge on any atom is -0.480 e. The second-order valence-corrected chi connectivity index (χ2v) is 4.79. The van der Waals surface area contributed by atoms with Crippen LogP contribution in [0.3, 0.4) is 0 Å². The number of halogens is 1. The van der Waals surface area contributed by atoms with Crippen LogP contribution in [0.15, 0.2) is 36.5 Å². The lowest BCUT2D eigenvalue weighted by Crippen LogP contribution is -2.20. The zero-order valence-electron chi connectivity index (χ0n) is 10.7. The summed E-state index contributed by atoms with van der Waals surface area (Å²) in [5.74, 6) is 0.309. The van der Waals surface area contributed by atoms with Gasteiger partial charge in [0.15, 0.2) is 0 Å². The zero-order valence-corrected chi connectivity index (χ0v) is 11.4. The summed E-state index contributed by atoms with van der Waals surface area (Å²) in [5, 5.41) is 6.53. The van der Waals surface area contributed by atoms with Gasteiger partial charge in [0.2, 0.25) is 5.88 Å². The molecule has 1 amide bonds. The van der Waals surface area contributed by atoms with Gasteiger partial charge in [-0.1, -0.05) is 11.6 Å². The van der Waals surface area contributed by atoms with Gasteiger partial charge in [0.05, 0.1) is 12.8 Å². The number of carbonyl (C=O) groups is 1. The number of pyridine rings is 1. The van der Waals surface area contributed by atoms with E-state index in [4.69, 9.17) is 16.3 Å². The largest absolute Gasteiger partial charge is 0.480 e. The molecule has 0 saturated carbocycles. The van der Waals surface area contributed by atoms with Crippen molar-refractivity contribution in [1.29, 1.82) is 0 Å². The lowest BCUT2D eigenvalue weighted by molar-refractivity contribution is -0.116. The fourth-order valence-electron chi connectivity index (χ4n) is 2.19. The smallest absolute Gasteiger partial charge is 0.251 e. The molecule has 3 rings (SSSR count). The van der Waals surface area contributed by atoms with Crippen molar-refractivity contribution in [3.8, 4) is 5.88 Å². The van der Waals surface area contributed by atoms with E-state index in [0.29, 0.717) is 16.6 Å². The van der Waals surface area contributed by atoms with Crippen molar-refractivity contribution >= 4 is 28.9 Å². The Morgan fingerprint density at radius 1 is 1.40 bits per heavy atom. The van der Waals surface area contributed by atoms with Crippen molar-refractivity contribution in [3.63, 3.8) is 0 Å². The predicted molar refractivity (Wildman–Crippen MR) is 77.2 cm³/mol. The van der Waals surface area contributed by atoms with Crippen LogP contribution in [0, 0.1) is 0 Å². The van der Waals surface area contributed by atoms with E-state index in [1.165, 1.54) is 7.11 Å². The molecule has 0 bridgehead atoms. The van der Waals surface area contributed by atoms with E-state index >= 15 is 0 Å². The summed E-state index contributed by atoms with van der Waals surface area (Å²) >= 11 is 5.99. The van der Waals surface area contributed by atoms with E-state index in [2.05, 4.69) is 15.6 Å². The molecule has 102 valence electrons. The van der Waals surface area contributed by atoms with Crippen LogP contribution in [0.2, 0.25) is 5.02 Å². The summed E-state index contributed by atoms with van der Waals surface area (Å²) in [6.07, 6.45) is 1.63. The Labute approximate surface area is 120 Å². The molecular formula is C14H12ClN3O2. The first-order valence-electron chi connectivity index (χ1n) is 6.05. The molecule has 0 spiro atoms. The number of fused-ring (bicyclic) bond motifs is 1. The molecule has 2 aromatic rings. The van der Waals surface area contributed by atoms with E-state index in [0.717, 1.165) is 11.3 Å². The molecular weight excluding hydrogens is 278 g/mol. The zero-order chi connectivity index (χ0) is 14.1. The maximum atomic E-state index is 12.1. The Kier molecular flexibility index (Phi) is 3.20. The van der Waals surface area contributed by atoms with E-state index < -0.39 is 6.04 Å². The molecule has 20 heavy (non-hydrogen) atoms. The van der Waals surface area contributed by atoms with Crippen LogP contribution in [0.1, 0.15) is 11.6 Å². The molecule has 2 heterocycles. The van der Waals surface area contributed by atoms with E-state index in [1.54, 1.807) is 30.5 Å². The SMILES string of the molecule is COc1ncccc1NC1C(=O)Nc2ccc(Cl)cc21. The summed E-state index contributed by atoms with van der Waals surface area (Å²) < 4.78 is 5.17. The van der Waals surface area contributed by atoms with Crippen molar-refractivity contribution in [1.82, 2.24) is 4.98 Å². The second kappa shape index (κ2) is 5.02. The number of ether oxygens (including phenoxy) is 1. The van der Waals surface area contributed by atoms with Gasteiger partial charge in [-0.05, 0) is 30.3 Å². The third-order valence-electron chi connectivity index (χ3n) is 3.11. The summed E-state index contributed by atoms with van der Waals surface area (Å²) in [6, 6.07) is 8.38. The fraction of sp³-hybridized carbons (Fsp3) is 0.143. The number of hydrogen-bond acceptors (Lipinski definition) is 4. The molecule has 0 fully saturated rings. The van der Waals surface area contributed by atoms with Crippen molar-refractivity contribution in [2.75, 3.05) is 17.7 Å². The average molecular weight is 290 g/mol. The van der Waals surface area contributed by atoms with Gasteiger partial charge in [0.1, 0.15) is 6.04 Å². The van der Waals surface area contributed by atoms with Crippen LogP contribution in [0.4, 0.5) is 11.4 Å². The molecule has 1 atom stereocenters. The van der Waals surface area contributed by atoms with Crippen LogP contribution in [-0.2, 0) is 4.79 Å². The van der Waals surface area contributed by atoms with E-state index in [9.17, 15) is 4.79 Å². The van der Waals surface area contributed by atoms with Gasteiger partial charge in [0.25, 0.3) is 5.91 Å². The Morgan fingerprint density at radius 3 is 3.05 bits per heavy atom. The quantitative estimate of drug-likeness (QED) is 0.912. The first kappa shape index (κ1) is 12.7. The number of anilines is 2. The summed E-state index contributed by atoms with van der Waals surface area (Å²) in [4.78, 5) is 16.2.